The lowest BCUT2D eigenvalue weighted by Crippen LogP contribution is -2.43. The second kappa shape index (κ2) is 11.6. The van der Waals surface area contributed by atoms with Crippen LogP contribution in [0.5, 0.6) is 11.5 Å². The minimum absolute atomic E-state index is 0.117. The third kappa shape index (κ3) is 5.88. The monoisotopic (exact) mass is 452 g/mol. The van der Waals surface area contributed by atoms with Crippen molar-refractivity contribution >= 4 is 28.8 Å². The molecule has 2 aromatic rings. The molecule has 2 heterocycles. The zero-order chi connectivity index (χ0) is 21.3. The van der Waals surface area contributed by atoms with E-state index in [0.29, 0.717) is 55.1 Å². The van der Waals surface area contributed by atoms with Crippen molar-refractivity contribution in [1.29, 1.82) is 0 Å². The van der Waals surface area contributed by atoms with E-state index in [1.165, 1.54) is 4.88 Å². The number of carbonyl (C=O) groups is 1. The highest BCUT2D eigenvalue weighted by Crippen LogP contribution is 2.37. The van der Waals surface area contributed by atoms with Crippen LogP contribution in [0.1, 0.15) is 41.5 Å². The van der Waals surface area contributed by atoms with Crippen LogP contribution in [-0.4, -0.2) is 56.9 Å². The van der Waals surface area contributed by atoms with Crippen molar-refractivity contribution in [3.05, 3.63) is 45.1 Å². The van der Waals surface area contributed by atoms with Crippen molar-refractivity contribution in [3.63, 3.8) is 0 Å². The number of hydrogen-bond acceptors (Lipinski definition) is 6. The number of morpholine rings is 1. The Hall–Kier alpha value is -1.80. The summed E-state index contributed by atoms with van der Waals surface area (Å²) in [7, 11) is 0. The highest BCUT2D eigenvalue weighted by molar-refractivity contribution is 7.10. The number of hydrogen-bond donors (Lipinski definition) is 1. The molecule has 1 aromatic heterocycles. The van der Waals surface area contributed by atoms with E-state index in [2.05, 4.69) is 21.7 Å². The average molecular weight is 453 g/mol. The molecule has 1 unspecified atom stereocenters. The Morgan fingerprint density at radius 1 is 1.30 bits per heavy atom. The molecule has 30 heavy (non-hydrogen) atoms. The molecule has 164 valence electrons. The maximum absolute atomic E-state index is 12.9. The smallest absolute Gasteiger partial charge is 0.251 e. The summed E-state index contributed by atoms with van der Waals surface area (Å²) in [5.41, 5.74) is 0.458. The van der Waals surface area contributed by atoms with E-state index >= 15 is 0 Å². The van der Waals surface area contributed by atoms with Gasteiger partial charge in [-0.3, -0.25) is 9.69 Å². The second-order valence-corrected chi connectivity index (χ2v) is 8.34. The third-order valence-electron chi connectivity index (χ3n) is 4.84. The largest absolute Gasteiger partial charge is 0.490 e. The van der Waals surface area contributed by atoms with Gasteiger partial charge in [-0.25, -0.2) is 0 Å². The van der Waals surface area contributed by atoms with Crippen LogP contribution < -0.4 is 14.8 Å². The molecule has 1 atom stereocenters. The normalized spacial score (nSPS) is 15.6. The molecule has 6 nitrogen and oxygen atoms in total. The first-order valence-electron chi connectivity index (χ1n) is 10.4. The van der Waals surface area contributed by atoms with Crippen molar-refractivity contribution in [2.45, 2.75) is 26.3 Å². The van der Waals surface area contributed by atoms with Gasteiger partial charge in [-0.05, 0) is 36.9 Å². The van der Waals surface area contributed by atoms with Crippen LogP contribution in [0.4, 0.5) is 0 Å². The zero-order valence-corrected chi connectivity index (χ0v) is 19.1. The molecule has 0 bridgehead atoms. The molecule has 1 aliphatic rings. The number of amides is 1. The second-order valence-electron chi connectivity index (χ2n) is 6.96. The molecule has 8 heteroatoms. The van der Waals surface area contributed by atoms with E-state index in [0.717, 1.165) is 19.5 Å². The quantitative estimate of drug-likeness (QED) is 0.579. The fourth-order valence-corrected chi connectivity index (χ4v) is 4.50. The average Bonchev–Trinajstić information content (AvgIpc) is 3.28. The number of thiophene rings is 1. The van der Waals surface area contributed by atoms with Crippen LogP contribution in [0.15, 0.2) is 29.6 Å². The Morgan fingerprint density at radius 3 is 2.77 bits per heavy atom. The van der Waals surface area contributed by atoms with Gasteiger partial charge in [0.1, 0.15) is 0 Å². The topological polar surface area (TPSA) is 60.0 Å². The summed E-state index contributed by atoms with van der Waals surface area (Å²) in [5.74, 6) is 0.794. The van der Waals surface area contributed by atoms with Crippen LogP contribution in [0, 0.1) is 0 Å². The maximum atomic E-state index is 12.9. The molecule has 1 amide bonds. The summed E-state index contributed by atoms with van der Waals surface area (Å²) in [6.07, 6.45) is 0.857. The molecule has 0 saturated carbocycles. The van der Waals surface area contributed by atoms with Gasteiger partial charge in [-0.1, -0.05) is 24.6 Å². The van der Waals surface area contributed by atoms with Gasteiger partial charge in [0.15, 0.2) is 11.5 Å². The highest BCUT2D eigenvalue weighted by Gasteiger charge is 2.24. The van der Waals surface area contributed by atoms with E-state index < -0.39 is 0 Å². The van der Waals surface area contributed by atoms with Crippen molar-refractivity contribution < 1.29 is 19.0 Å². The summed E-state index contributed by atoms with van der Waals surface area (Å²) in [4.78, 5) is 16.5. The van der Waals surface area contributed by atoms with E-state index in [4.69, 9.17) is 25.8 Å². The van der Waals surface area contributed by atoms with Crippen LogP contribution in [0.2, 0.25) is 5.02 Å². The summed E-state index contributed by atoms with van der Waals surface area (Å²) < 4.78 is 16.9. The van der Waals surface area contributed by atoms with Crippen LogP contribution >= 0.6 is 22.9 Å². The Balaban J connectivity index is 1.73. The predicted molar refractivity (Wildman–Crippen MR) is 120 cm³/mol. The number of ether oxygens (including phenoxy) is 3. The minimum Gasteiger partial charge on any atom is -0.490 e. The number of rotatable bonds is 10. The lowest BCUT2D eigenvalue weighted by Gasteiger charge is -2.34. The molecular formula is C22H29ClN2O4S. The molecular weight excluding hydrogens is 424 g/mol. The van der Waals surface area contributed by atoms with Crippen molar-refractivity contribution in [1.82, 2.24) is 10.2 Å². The van der Waals surface area contributed by atoms with Gasteiger partial charge in [0.05, 0.1) is 37.5 Å². The summed E-state index contributed by atoms with van der Waals surface area (Å²) in [6, 6.07) is 7.61. The molecule has 1 aromatic carbocycles. The lowest BCUT2D eigenvalue weighted by molar-refractivity contribution is 0.0169. The molecule has 1 fully saturated rings. The van der Waals surface area contributed by atoms with E-state index in [1.807, 2.05) is 19.9 Å². The fourth-order valence-electron chi connectivity index (χ4n) is 3.38. The lowest BCUT2D eigenvalue weighted by atomic mass is 10.1. The molecule has 1 saturated heterocycles. The Labute approximate surface area is 187 Å². The van der Waals surface area contributed by atoms with Gasteiger partial charge in [0, 0.05) is 30.1 Å². The summed E-state index contributed by atoms with van der Waals surface area (Å²) >= 11 is 8.11. The molecule has 0 spiro atoms. The Bertz CT molecular complexity index is 810. The standard InChI is InChI=1S/C22H29ClN2O4S/c1-3-9-29-21-17(23)13-16(14-19(21)28-4-2)22(26)24-15-18(20-6-5-12-30-20)25-7-10-27-11-8-25/h5-6,12-14,18H,3-4,7-11,15H2,1-2H3,(H,24,26). The molecule has 0 radical (unpaired) electrons. The number of nitrogens with one attached hydrogen (secondary N) is 1. The van der Waals surface area contributed by atoms with Gasteiger partial charge in [-0.15, -0.1) is 11.3 Å². The predicted octanol–water partition coefficient (Wildman–Crippen LogP) is 4.39. The van der Waals surface area contributed by atoms with E-state index in [-0.39, 0.29) is 11.9 Å². The van der Waals surface area contributed by atoms with Crippen molar-refractivity contribution in [2.24, 2.45) is 0 Å². The number of carbonyl (C=O) groups excluding carboxylic acids is 1. The first-order chi connectivity index (χ1) is 14.6. The van der Waals surface area contributed by atoms with Crippen LogP contribution in [0.25, 0.3) is 0 Å². The zero-order valence-electron chi connectivity index (χ0n) is 17.5. The molecule has 1 N–H and O–H groups in total. The van der Waals surface area contributed by atoms with Crippen molar-refractivity contribution in [3.8, 4) is 11.5 Å². The summed E-state index contributed by atoms with van der Waals surface area (Å²) in [6.45, 7) is 8.53. The van der Waals surface area contributed by atoms with Gasteiger partial charge >= 0.3 is 0 Å². The third-order valence-corrected chi connectivity index (χ3v) is 6.09. The summed E-state index contributed by atoms with van der Waals surface area (Å²) in [5, 5.41) is 5.51. The molecule has 0 aliphatic carbocycles. The van der Waals surface area contributed by atoms with Gasteiger partial charge in [0.2, 0.25) is 0 Å². The number of nitrogens with zero attached hydrogens (tertiary/aromatic N) is 1. The van der Waals surface area contributed by atoms with Gasteiger partial charge in [0.25, 0.3) is 5.91 Å². The van der Waals surface area contributed by atoms with Gasteiger partial charge < -0.3 is 19.5 Å². The minimum atomic E-state index is -0.185. The Kier molecular flexibility index (Phi) is 8.81. The Morgan fingerprint density at radius 2 is 2.10 bits per heavy atom. The number of benzene rings is 1. The molecule has 1 aliphatic heterocycles. The van der Waals surface area contributed by atoms with Gasteiger partial charge in [-0.2, -0.15) is 0 Å². The highest BCUT2D eigenvalue weighted by atomic mass is 35.5. The van der Waals surface area contributed by atoms with Crippen LogP contribution in [-0.2, 0) is 4.74 Å². The van der Waals surface area contributed by atoms with E-state index in [1.54, 1.807) is 23.5 Å². The van der Waals surface area contributed by atoms with Crippen LogP contribution in [0.3, 0.4) is 0 Å². The fraction of sp³-hybridized carbons (Fsp3) is 0.500. The molecule has 3 rings (SSSR count). The number of halogens is 1. The van der Waals surface area contributed by atoms with E-state index in [9.17, 15) is 4.79 Å². The van der Waals surface area contributed by atoms with Crippen molar-refractivity contribution in [2.75, 3.05) is 46.1 Å². The first kappa shape index (κ1) is 22.9. The first-order valence-corrected chi connectivity index (χ1v) is 11.6. The maximum Gasteiger partial charge on any atom is 0.251 e. The SMILES string of the molecule is CCCOc1c(Cl)cc(C(=O)NCC(c2cccs2)N2CCOCC2)cc1OCC.